The quantitative estimate of drug-likeness (QED) is 0.236. The number of hydrogen-bond acceptors (Lipinski definition) is 5. The fourth-order valence-electron chi connectivity index (χ4n) is 5.78. The van der Waals surface area contributed by atoms with E-state index in [0.29, 0.717) is 5.56 Å². The Balaban J connectivity index is 1.88. The third-order valence-electron chi connectivity index (χ3n) is 7.90. The number of aromatic nitrogens is 1. The van der Waals surface area contributed by atoms with E-state index in [1.54, 1.807) is 18.5 Å². The topological polar surface area (TPSA) is 45.7 Å². The van der Waals surface area contributed by atoms with E-state index in [4.69, 9.17) is 4.74 Å². The lowest BCUT2D eigenvalue weighted by Gasteiger charge is -2.34. The van der Waals surface area contributed by atoms with E-state index in [9.17, 15) is 4.79 Å². The molecule has 1 aliphatic rings. The number of benzene rings is 2. The van der Waals surface area contributed by atoms with Gasteiger partial charge in [0.15, 0.2) is 5.60 Å². The highest BCUT2D eigenvalue weighted by Crippen LogP contribution is 2.49. The highest BCUT2D eigenvalue weighted by molar-refractivity contribution is 5.96. The number of unbranched alkanes of at least 4 members (excludes halogenated alkanes) is 2. The summed E-state index contributed by atoms with van der Waals surface area (Å²) in [5.74, 6) is -0.300. The Morgan fingerprint density at radius 2 is 1.32 bits per heavy atom. The van der Waals surface area contributed by atoms with Gasteiger partial charge in [0.05, 0.1) is 5.56 Å². The molecule has 1 atom stereocenters. The number of cyclic esters (lactones) is 1. The first-order valence-electron chi connectivity index (χ1n) is 14.3. The molecule has 1 aliphatic heterocycles. The van der Waals surface area contributed by atoms with Gasteiger partial charge in [0.2, 0.25) is 0 Å². The predicted octanol–water partition coefficient (Wildman–Crippen LogP) is 7.41. The van der Waals surface area contributed by atoms with Crippen molar-refractivity contribution in [3.05, 3.63) is 88.2 Å². The zero-order valence-corrected chi connectivity index (χ0v) is 24.0. The molecule has 2 heterocycles. The smallest absolute Gasteiger partial charge is 0.340 e. The Bertz CT molecular complexity index is 1260. The van der Waals surface area contributed by atoms with Gasteiger partial charge in [-0.25, -0.2) is 4.79 Å². The zero-order valence-electron chi connectivity index (χ0n) is 24.0. The largest absolute Gasteiger partial charge is 0.440 e. The second-order valence-electron chi connectivity index (χ2n) is 10.4. The maximum atomic E-state index is 13.3. The summed E-state index contributed by atoms with van der Waals surface area (Å²) in [4.78, 5) is 22.5. The minimum atomic E-state index is -1.03. The summed E-state index contributed by atoms with van der Waals surface area (Å²) < 4.78 is 6.43. The number of ether oxygens (including phenoxy) is 1. The third-order valence-corrected chi connectivity index (χ3v) is 7.90. The van der Waals surface area contributed by atoms with Crippen LogP contribution in [0.5, 0.6) is 0 Å². The molecule has 0 amide bonds. The summed E-state index contributed by atoms with van der Waals surface area (Å²) in [5, 5.41) is 0. The second-order valence-corrected chi connectivity index (χ2v) is 10.4. The maximum absolute atomic E-state index is 13.3. The molecule has 1 aromatic heterocycles. The number of pyridine rings is 1. The molecule has 5 nitrogen and oxygen atoms in total. The fraction of sp³-hybridized carbons (Fsp3) is 0.455. The van der Waals surface area contributed by atoms with Crippen molar-refractivity contribution in [2.45, 2.75) is 72.8 Å². The monoisotopic (exact) mass is 513 g/mol. The van der Waals surface area contributed by atoms with Gasteiger partial charge in [-0.1, -0.05) is 38.8 Å². The summed E-state index contributed by atoms with van der Waals surface area (Å²) in [6, 6.07) is 14.9. The van der Waals surface area contributed by atoms with E-state index in [2.05, 4.69) is 92.7 Å². The summed E-state index contributed by atoms with van der Waals surface area (Å²) >= 11 is 0. The maximum Gasteiger partial charge on any atom is 0.340 e. The molecule has 0 aliphatic carbocycles. The lowest BCUT2D eigenvalue weighted by Crippen LogP contribution is -2.32. The van der Waals surface area contributed by atoms with E-state index in [0.717, 1.165) is 54.0 Å². The predicted molar refractivity (Wildman–Crippen MR) is 157 cm³/mol. The minimum absolute atomic E-state index is 0.300. The van der Waals surface area contributed by atoms with Crippen LogP contribution in [0, 0.1) is 13.8 Å². The fourth-order valence-corrected chi connectivity index (χ4v) is 5.78. The van der Waals surface area contributed by atoms with E-state index >= 15 is 0 Å². The highest BCUT2D eigenvalue weighted by atomic mass is 16.6. The molecule has 202 valence electrons. The molecule has 0 N–H and O–H groups in total. The first-order chi connectivity index (χ1) is 18.4. The van der Waals surface area contributed by atoms with Gasteiger partial charge in [-0.15, -0.1) is 0 Å². The Morgan fingerprint density at radius 3 is 1.82 bits per heavy atom. The summed E-state index contributed by atoms with van der Waals surface area (Å²) in [6.07, 6.45) is 8.16. The molecule has 5 heteroatoms. The molecule has 0 radical (unpaired) electrons. The molecule has 0 fully saturated rings. The van der Waals surface area contributed by atoms with Crippen LogP contribution in [0.2, 0.25) is 0 Å². The number of fused-ring (bicyclic) bond motifs is 1. The van der Waals surface area contributed by atoms with Gasteiger partial charge in [-0.2, -0.15) is 0 Å². The molecule has 2 aromatic carbocycles. The first kappa shape index (κ1) is 27.7. The Hall–Kier alpha value is -3.34. The second kappa shape index (κ2) is 12.0. The van der Waals surface area contributed by atoms with Crippen LogP contribution in [-0.2, 0) is 10.3 Å². The molecule has 0 saturated carbocycles. The molecule has 0 bridgehead atoms. The average molecular weight is 514 g/mol. The molecule has 4 rings (SSSR count). The van der Waals surface area contributed by atoms with E-state index in [1.807, 2.05) is 0 Å². The highest BCUT2D eigenvalue weighted by Gasteiger charge is 2.50. The van der Waals surface area contributed by atoms with Gasteiger partial charge in [0.1, 0.15) is 0 Å². The van der Waals surface area contributed by atoms with Crippen LogP contribution in [0.4, 0.5) is 11.4 Å². The van der Waals surface area contributed by atoms with Crippen LogP contribution >= 0.6 is 0 Å². The van der Waals surface area contributed by atoms with E-state index in [-0.39, 0.29) is 5.97 Å². The Labute approximate surface area is 228 Å². The molecule has 1 unspecified atom stereocenters. The van der Waals surface area contributed by atoms with Gasteiger partial charge < -0.3 is 14.5 Å². The number of nitrogens with zero attached hydrogens (tertiary/aromatic N) is 3. The van der Waals surface area contributed by atoms with Gasteiger partial charge in [-0.05, 0) is 82.0 Å². The summed E-state index contributed by atoms with van der Waals surface area (Å²) in [6.45, 7) is 17.1. The molecule has 3 aromatic rings. The zero-order chi connectivity index (χ0) is 27.3. The molecule has 0 saturated heterocycles. The van der Waals surface area contributed by atoms with Crippen LogP contribution in [0.15, 0.2) is 54.9 Å². The lowest BCUT2D eigenvalue weighted by atomic mass is 9.77. The van der Waals surface area contributed by atoms with Crippen LogP contribution in [-0.4, -0.2) is 37.1 Å². The van der Waals surface area contributed by atoms with Crippen molar-refractivity contribution in [3.8, 4) is 0 Å². The normalized spacial score (nSPS) is 16.3. The lowest BCUT2D eigenvalue weighted by molar-refractivity contribution is 0.0248. The van der Waals surface area contributed by atoms with Crippen molar-refractivity contribution in [2.24, 2.45) is 0 Å². The van der Waals surface area contributed by atoms with Crippen molar-refractivity contribution in [2.75, 3.05) is 36.0 Å². The van der Waals surface area contributed by atoms with Gasteiger partial charge in [0.25, 0.3) is 0 Å². The molecule has 38 heavy (non-hydrogen) atoms. The summed E-state index contributed by atoms with van der Waals surface area (Å²) in [7, 11) is 0. The first-order valence-corrected chi connectivity index (χ1v) is 14.3. The molecular formula is C33H43N3O2. The van der Waals surface area contributed by atoms with Crippen LogP contribution in [0.3, 0.4) is 0 Å². The third kappa shape index (κ3) is 5.03. The molecular weight excluding hydrogens is 470 g/mol. The number of aryl methyl sites for hydroxylation is 2. The Kier molecular flexibility index (Phi) is 8.76. The van der Waals surface area contributed by atoms with Crippen LogP contribution in [0.1, 0.15) is 91.6 Å². The van der Waals surface area contributed by atoms with Crippen LogP contribution in [0.25, 0.3) is 0 Å². The molecule has 0 spiro atoms. The number of anilines is 2. The van der Waals surface area contributed by atoms with Crippen molar-refractivity contribution >= 4 is 17.3 Å². The number of hydrogen-bond donors (Lipinski definition) is 0. The van der Waals surface area contributed by atoms with E-state index < -0.39 is 5.60 Å². The number of carbonyl (C=O) groups is 1. The standard InChI is InChI=1S/C33H43N3O2/c1-7-11-19-36(20-12-8-2)27-14-16-30(25(6)22-27)33(31-23-34-18-17-28(31)32(37)38-33)29-15-13-26(21-24(29)5)35(9-3)10-4/h13-18,21-23H,7-12,19-20H2,1-6H3. The SMILES string of the molecule is CCCCN(CCCC)c1ccc(C2(c3ccc(N(CC)CC)cc3C)OC(=O)c3ccncc32)c(C)c1. The number of rotatable bonds is 12. The van der Waals surface area contributed by atoms with Gasteiger partial charge in [0, 0.05) is 66.6 Å². The van der Waals surface area contributed by atoms with Crippen molar-refractivity contribution < 1.29 is 9.53 Å². The van der Waals surface area contributed by atoms with Gasteiger partial charge >= 0.3 is 5.97 Å². The minimum Gasteiger partial charge on any atom is -0.440 e. The number of carbonyl (C=O) groups excluding carboxylic acids is 1. The van der Waals surface area contributed by atoms with E-state index in [1.165, 1.54) is 37.1 Å². The number of esters is 1. The summed E-state index contributed by atoms with van der Waals surface area (Å²) in [5.41, 5.74) is 6.95. The van der Waals surface area contributed by atoms with Crippen molar-refractivity contribution in [3.63, 3.8) is 0 Å². The van der Waals surface area contributed by atoms with Gasteiger partial charge in [-0.3, -0.25) is 4.98 Å². The Morgan fingerprint density at radius 1 is 0.763 bits per heavy atom. The van der Waals surface area contributed by atoms with Crippen LogP contribution < -0.4 is 9.80 Å². The van der Waals surface area contributed by atoms with Crippen molar-refractivity contribution in [1.29, 1.82) is 0 Å². The average Bonchev–Trinajstić information content (AvgIpc) is 3.22. The van der Waals surface area contributed by atoms with Crippen molar-refractivity contribution in [1.82, 2.24) is 4.98 Å².